The van der Waals surface area contributed by atoms with Gasteiger partial charge in [0.15, 0.2) is 5.58 Å². The monoisotopic (exact) mass is 409 g/mol. The van der Waals surface area contributed by atoms with E-state index in [9.17, 15) is 18.0 Å². The molecule has 9 heteroatoms. The van der Waals surface area contributed by atoms with Gasteiger partial charge in [0.1, 0.15) is 6.04 Å². The van der Waals surface area contributed by atoms with Gasteiger partial charge in [-0.05, 0) is 36.8 Å². The number of amides is 1. The Morgan fingerprint density at radius 1 is 1.25 bits per heavy atom. The second-order valence-corrected chi connectivity index (χ2v) is 9.62. The third kappa shape index (κ3) is 4.00. The van der Waals surface area contributed by atoms with Crippen LogP contribution >= 0.6 is 0 Å². The van der Waals surface area contributed by atoms with Crippen molar-refractivity contribution in [1.82, 2.24) is 14.2 Å². The number of benzene rings is 1. The maximum Gasteiger partial charge on any atom is 0.419 e. The number of hydrogen-bond donors (Lipinski definition) is 1. The number of aromatic nitrogens is 1. The second-order valence-electron chi connectivity index (χ2n) is 7.91. The molecule has 154 valence electrons. The van der Waals surface area contributed by atoms with Crippen LogP contribution in [0.4, 0.5) is 0 Å². The summed E-state index contributed by atoms with van der Waals surface area (Å²) in [7, 11) is -2.41. The molecule has 8 nitrogen and oxygen atoms in total. The number of carbonyl (C=O) groups excluding carboxylic acids is 1. The molecule has 1 aromatic heterocycles. The molecule has 28 heavy (non-hydrogen) atoms. The minimum Gasteiger partial charge on any atom is -0.408 e. The first-order valence-electron chi connectivity index (χ1n) is 9.51. The van der Waals surface area contributed by atoms with E-state index in [2.05, 4.69) is 11.6 Å². The highest BCUT2D eigenvalue weighted by molar-refractivity contribution is 7.89. The van der Waals surface area contributed by atoms with Crippen LogP contribution in [0.2, 0.25) is 0 Å². The Bertz CT molecular complexity index is 1030. The number of hydrogen-bond acceptors (Lipinski definition) is 5. The zero-order valence-electron chi connectivity index (χ0n) is 16.6. The van der Waals surface area contributed by atoms with E-state index in [0.717, 1.165) is 12.8 Å². The average Bonchev–Trinajstić information content (AvgIpc) is 2.93. The number of likely N-dealkylation sites (tertiary alicyclic amines) is 1. The van der Waals surface area contributed by atoms with Crippen molar-refractivity contribution in [3.05, 3.63) is 28.7 Å². The van der Waals surface area contributed by atoms with E-state index >= 15 is 0 Å². The summed E-state index contributed by atoms with van der Waals surface area (Å²) in [6, 6.07) is 3.39. The summed E-state index contributed by atoms with van der Waals surface area (Å²) in [5.74, 6) is -0.393. The molecule has 1 saturated heterocycles. The SMILES string of the molecule is CC1CCN(C(=O)[C@H](NS(=O)(=O)c2ccc3c(c2)oc(=O)n3C)C(C)C)CC1. The van der Waals surface area contributed by atoms with E-state index in [0.29, 0.717) is 24.5 Å². The molecule has 0 unspecified atom stereocenters. The Kier molecular flexibility index (Phi) is 5.67. The van der Waals surface area contributed by atoms with Gasteiger partial charge in [-0.3, -0.25) is 9.36 Å². The van der Waals surface area contributed by atoms with Crippen LogP contribution in [0.3, 0.4) is 0 Å². The van der Waals surface area contributed by atoms with E-state index in [1.165, 1.54) is 22.8 Å². The third-order valence-corrected chi connectivity index (χ3v) is 6.82. The molecule has 0 spiro atoms. The largest absolute Gasteiger partial charge is 0.419 e. The first-order valence-corrected chi connectivity index (χ1v) is 11.0. The highest BCUT2D eigenvalue weighted by atomic mass is 32.2. The number of aryl methyl sites for hydroxylation is 1. The fourth-order valence-electron chi connectivity index (χ4n) is 3.41. The summed E-state index contributed by atoms with van der Waals surface area (Å²) in [5, 5.41) is 0. The van der Waals surface area contributed by atoms with E-state index in [1.807, 2.05) is 13.8 Å². The molecule has 0 saturated carbocycles. The summed E-state index contributed by atoms with van der Waals surface area (Å²) in [4.78, 5) is 26.3. The van der Waals surface area contributed by atoms with Gasteiger partial charge in [-0.2, -0.15) is 4.72 Å². The van der Waals surface area contributed by atoms with E-state index < -0.39 is 21.8 Å². The molecule has 1 aromatic carbocycles. The molecule has 1 aliphatic rings. The Hall–Kier alpha value is -2.13. The zero-order chi connectivity index (χ0) is 20.6. The van der Waals surface area contributed by atoms with Crippen molar-refractivity contribution in [3.63, 3.8) is 0 Å². The van der Waals surface area contributed by atoms with Crippen molar-refractivity contribution in [2.24, 2.45) is 18.9 Å². The molecule has 0 radical (unpaired) electrons. The highest BCUT2D eigenvalue weighted by Gasteiger charge is 2.33. The van der Waals surface area contributed by atoms with Crippen molar-refractivity contribution < 1.29 is 17.6 Å². The van der Waals surface area contributed by atoms with E-state index in [-0.39, 0.29) is 22.3 Å². The maximum absolute atomic E-state index is 13.0. The number of oxazole rings is 1. The van der Waals surface area contributed by atoms with Gasteiger partial charge in [0.2, 0.25) is 15.9 Å². The Balaban J connectivity index is 1.85. The van der Waals surface area contributed by atoms with Crippen LogP contribution in [0.15, 0.2) is 32.3 Å². The Labute approximate surface area is 164 Å². The lowest BCUT2D eigenvalue weighted by atomic mass is 9.97. The standard InChI is InChI=1S/C19H27N3O5S/c1-12(2)17(18(23)22-9-7-13(3)8-10-22)20-28(25,26)14-5-6-15-16(11-14)27-19(24)21(15)4/h5-6,11-13,17,20H,7-10H2,1-4H3/t17-/m1/s1. The Morgan fingerprint density at radius 3 is 2.50 bits per heavy atom. The van der Waals surface area contributed by atoms with Crippen LogP contribution in [-0.4, -0.2) is 42.9 Å². The molecule has 1 aliphatic heterocycles. The summed E-state index contributed by atoms with van der Waals surface area (Å²) in [6.45, 7) is 7.08. The van der Waals surface area contributed by atoms with E-state index in [1.54, 1.807) is 11.9 Å². The van der Waals surface area contributed by atoms with Crippen LogP contribution in [-0.2, 0) is 21.9 Å². The van der Waals surface area contributed by atoms with Crippen LogP contribution in [0.25, 0.3) is 11.1 Å². The van der Waals surface area contributed by atoms with Crippen molar-refractivity contribution in [2.75, 3.05) is 13.1 Å². The van der Waals surface area contributed by atoms with Crippen LogP contribution in [0.1, 0.15) is 33.6 Å². The number of nitrogens with zero attached hydrogens (tertiary/aromatic N) is 2. The van der Waals surface area contributed by atoms with E-state index in [4.69, 9.17) is 4.42 Å². The third-order valence-electron chi connectivity index (χ3n) is 5.38. The molecular weight excluding hydrogens is 382 g/mol. The molecule has 1 atom stereocenters. The average molecular weight is 410 g/mol. The molecule has 3 rings (SSSR count). The first-order chi connectivity index (χ1) is 13.1. The van der Waals surface area contributed by atoms with Gasteiger partial charge in [0, 0.05) is 26.2 Å². The minimum atomic E-state index is -3.96. The normalized spacial score (nSPS) is 17.4. The number of fused-ring (bicyclic) bond motifs is 1. The molecular formula is C19H27N3O5S. The molecule has 2 heterocycles. The van der Waals surface area contributed by atoms with Gasteiger partial charge in [-0.15, -0.1) is 0 Å². The molecule has 1 N–H and O–H groups in total. The molecule has 0 aliphatic carbocycles. The van der Waals surface area contributed by atoms with Gasteiger partial charge < -0.3 is 9.32 Å². The van der Waals surface area contributed by atoms with Crippen molar-refractivity contribution in [1.29, 1.82) is 0 Å². The number of piperidine rings is 1. The summed E-state index contributed by atoms with van der Waals surface area (Å²) in [5.41, 5.74) is 0.690. The Morgan fingerprint density at radius 2 is 1.89 bits per heavy atom. The summed E-state index contributed by atoms with van der Waals surface area (Å²) >= 11 is 0. The second kappa shape index (κ2) is 7.71. The predicted molar refractivity (Wildman–Crippen MR) is 105 cm³/mol. The predicted octanol–water partition coefficient (Wildman–Crippen LogP) is 1.69. The lowest BCUT2D eigenvalue weighted by molar-refractivity contribution is -0.135. The van der Waals surface area contributed by atoms with Gasteiger partial charge in [-0.1, -0.05) is 20.8 Å². The fourth-order valence-corrected chi connectivity index (χ4v) is 4.77. The first kappa shape index (κ1) is 20.6. The highest BCUT2D eigenvalue weighted by Crippen LogP contribution is 2.21. The molecule has 0 bridgehead atoms. The summed E-state index contributed by atoms with van der Waals surface area (Å²) in [6.07, 6.45) is 1.85. The van der Waals surface area contributed by atoms with Gasteiger partial charge in [-0.25, -0.2) is 13.2 Å². The smallest absolute Gasteiger partial charge is 0.408 e. The lowest BCUT2D eigenvalue weighted by Gasteiger charge is -2.34. The number of rotatable bonds is 5. The topological polar surface area (TPSA) is 102 Å². The maximum atomic E-state index is 13.0. The van der Waals surface area contributed by atoms with Crippen molar-refractivity contribution in [2.45, 2.75) is 44.6 Å². The number of nitrogens with one attached hydrogen (secondary N) is 1. The minimum absolute atomic E-state index is 0.0416. The summed E-state index contributed by atoms with van der Waals surface area (Å²) < 4.78 is 34.8. The molecule has 1 fully saturated rings. The number of sulfonamides is 1. The van der Waals surface area contributed by atoms with Crippen molar-refractivity contribution in [3.8, 4) is 0 Å². The fraction of sp³-hybridized carbons (Fsp3) is 0.579. The molecule has 2 aromatic rings. The number of carbonyl (C=O) groups is 1. The van der Waals surface area contributed by atoms with Crippen LogP contribution in [0.5, 0.6) is 0 Å². The van der Waals surface area contributed by atoms with Crippen LogP contribution in [0, 0.1) is 11.8 Å². The zero-order valence-corrected chi connectivity index (χ0v) is 17.5. The van der Waals surface area contributed by atoms with Crippen molar-refractivity contribution >= 4 is 27.0 Å². The van der Waals surface area contributed by atoms with Gasteiger partial charge in [0.25, 0.3) is 0 Å². The lowest BCUT2D eigenvalue weighted by Crippen LogP contribution is -2.52. The molecule has 1 amide bonds. The van der Waals surface area contributed by atoms with Gasteiger partial charge >= 0.3 is 5.76 Å². The van der Waals surface area contributed by atoms with Crippen LogP contribution < -0.4 is 10.5 Å². The quantitative estimate of drug-likeness (QED) is 0.810. The van der Waals surface area contributed by atoms with Gasteiger partial charge in [0.05, 0.1) is 10.4 Å².